The van der Waals surface area contributed by atoms with Crippen LogP contribution in [0.2, 0.25) is 0 Å². The molecule has 31 heavy (non-hydrogen) atoms. The normalized spacial score (nSPS) is 35.0. The lowest BCUT2D eigenvalue weighted by atomic mass is 9.42. The number of hydrogen-bond acceptors (Lipinski definition) is 5. The Bertz CT molecular complexity index is 1160. The lowest BCUT2D eigenvalue weighted by molar-refractivity contribution is -0.162. The first-order chi connectivity index (χ1) is 14.8. The molecule has 0 radical (unpaired) electrons. The van der Waals surface area contributed by atoms with Gasteiger partial charge in [-0.2, -0.15) is 4.98 Å². The summed E-state index contributed by atoms with van der Waals surface area (Å²) in [5.41, 5.74) is 1.22. The van der Waals surface area contributed by atoms with E-state index in [-0.39, 0.29) is 22.6 Å². The van der Waals surface area contributed by atoms with Gasteiger partial charge in [0.1, 0.15) is 11.2 Å². The molecule has 2 aromatic heterocycles. The van der Waals surface area contributed by atoms with Gasteiger partial charge in [-0.3, -0.25) is 14.2 Å². The maximum absolute atomic E-state index is 13.8. The van der Waals surface area contributed by atoms with Crippen LogP contribution >= 0.6 is 0 Å². The Morgan fingerprint density at radius 3 is 2.55 bits per heavy atom. The molecule has 7 nitrogen and oxygen atoms in total. The molecule has 4 atom stereocenters. The maximum Gasteiger partial charge on any atom is 0.265 e. The Morgan fingerprint density at radius 2 is 2.00 bits per heavy atom. The summed E-state index contributed by atoms with van der Waals surface area (Å²) in [5, 5.41) is 4.39. The average Bonchev–Trinajstić information content (AvgIpc) is 3.32. The predicted molar refractivity (Wildman–Crippen MR) is 119 cm³/mol. The van der Waals surface area contributed by atoms with Crippen LogP contribution in [0.5, 0.6) is 0 Å². The van der Waals surface area contributed by atoms with Crippen LogP contribution in [0.15, 0.2) is 11.0 Å². The molecule has 4 bridgehead atoms. The molecular formula is C24H31N5O2. The minimum absolute atomic E-state index is 0.196. The molecule has 0 aliphatic heterocycles. The molecule has 5 saturated carbocycles. The van der Waals surface area contributed by atoms with Crippen LogP contribution in [0.4, 0.5) is 5.95 Å². The molecule has 1 amide bonds. The van der Waals surface area contributed by atoms with Gasteiger partial charge in [-0.25, -0.2) is 4.98 Å². The predicted octanol–water partition coefficient (Wildman–Crippen LogP) is 3.16. The first-order valence-electron chi connectivity index (χ1n) is 11.7. The van der Waals surface area contributed by atoms with Crippen molar-refractivity contribution in [2.75, 3.05) is 19.4 Å². The van der Waals surface area contributed by atoms with Crippen molar-refractivity contribution in [1.82, 2.24) is 19.4 Å². The third kappa shape index (κ3) is 2.46. The van der Waals surface area contributed by atoms with E-state index >= 15 is 0 Å². The first-order valence-corrected chi connectivity index (χ1v) is 11.7. The molecule has 164 valence electrons. The van der Waals surface area contributed by atoms with Crippen molar-refractivity contribution in [3.05, 3.63) is 27.7 Å². The van der Waals surface area contributed by atoms with E-state index in [0.717, 1.165) is 24.1 Å². The summed E-state index contributed by atoms with van der Waals surface area (Å²) in [5.74, 6) is 3.04. The van der Waals surface area contributed by atoms with E-state index in [1.54, 1.807) is 14.1 Å². The van der Waals surface area contributed by atoms with Crippen molar-refractivity contribution in [3.8, 4) is 0 Å². The fraction of sp³-hybridized carbons (Fsp3) is 0.667. The highest BCUT2D eigenvalue weighted by atomic mass is 16.2. The number of aromatic nitrogens is 3. The second-order valence-electron chi connectivity index (χ2n) is 10.8. The maximum atomic E-state index is 13.8. The molecule has 1 N–H and O–H groups in total. The fourth-order valence-electron chi connectivity index (χ4n) is 6.93. The Labute approximate surface area is 182 Å². The summed E-state index contributed by atoms with van der Waals surface area (Å²) in [6.07, 6.45) is 8.96. The summed E-state index contributed by atoms with van der Waals surface area (Å²) in [4.78, 5) is 37.7. The highest BCUT2D eigenvalue weighted by molar-refractivity contribution is 5.99. The molecule has 3 unspecified atom stereocenters. The summed E-state index contributed by atoms with van der Waals surface area (Å²) in [6.45, 7) is 4.07. The summed E-state index contributed by atoms with van der Waals surface area (Å²) in [7, 11) is 3.39. The number of hydrogen-bond donors (Lipinski definition) is 1. The number of carbonyl (C=O) groups excluding carboxylic acids is 1. The Morgan fingerprint density at radius 1 is 1.23 bits per heavy atom. The SMILES string of the molecule is Cc1c(C(=O)N(C)C)c(=O)n(C23CC(C2)[C@H]3C)c2nc(NC3CC4CCC3C4)ncc12. The van der Waals surface area contributed by atoms with Crippen LogP contribution < -0.4 is 10.9 Å². The van der Waals surface area contributed by atoms with Gasteiger partial charge < -0.3 is 10.2 Å². The van der Waals surface area contributed by atoms with Crippen LogP contribution in [-0.4, -0.2) is 45.5 Å². The zero-order chi connectivity index (χ0) is 21.7. The minimum Gasteiger partial charge on any atom is -0.351 e. The van der Waals surface area contributed by atoms with Crippen molar-refractivity contribution in [3.63, 3.8) is 0 Å². The van der Waals surface area contributed by atoms with E-state index in [9.17, 15) is 9.59 Å². The molecule has 7 heteroatoms. The zero-order valence-electron chi connectivity index (χ0n) is 18.8. The second kappa shape index (κ2) is 6.30. The molecular weight excluding hydrogens is 390 g/mol. The molecule has 2 aromatic rings. The number of nitrogens with one attached hydrogen (secondary N) is 1. The van der Waals surface area contributed by atoms with E-state index in [4.69, 9.17) is 4.98 Å². The third-order valence-corrected chi connectivity index (χ3v) is 9.08. The topological polar surface area (TPSA) is 80.1 Å². The fourth-order valence-corrected chi connectivity index (χ4v) is 6.93. The first kappa shape index (κ1) is 19.3. The minimum atomic E-state index is -0.249. The molecule has 0 spiro atoms. The third-order valence-electron chi connectivity index (χ3n) is 9.08. The van der Waals surface area contributed by atoms with Crippen molar-refractivity contribution < 1.29 is 4.79 Å². The zero-order valence-corrected chi connectivity index (χ0v) is 18.8. The van der Waals surface area contributed by atoms with Crippen LogP contribution in [-0.2, 0) is 5.54 Å². The molecule has 5 aliphatic carbocycles. The standard InChI is InChI=1S/C24H31N5O2/c1-12-17-11-25-23(26-18-8-14-5-6-15(18)7-14)27-20(17)29(24-9-16(10-24)13(24)2)22(31)19(12)21(30)28(3)4/h11,13-16,18H,5-10H2,1-4H3,(H,25,26,27)/t13-,14?,15?,16?,18?,24?/m1/s1. The van der Waals surface area contributed by atoms with Crippen molar-refractivity contribution in [1.29, 1.82) is 0 Å². The molecule has 7 rings (SSSR count). The summed E-state index contributed by atoms with van der Waals surface area (Å²) in [6, 6.07) is 0.431. The number of carbonyl (C=O) groups is 1. The molecule has 5 aliphatic rings. The monoisotopic (exact) mass is 421 g/mol. The van der Waals surface area contributed by atoms with E-state index in [2.05, 4.69) is 17.2 Å². The molecule has 0 saturated heterocycles. The van der Waals surface area contributed by atoms with Crippen molar-refractivity contribution in [2.45, 2.75) is 64.0 Å². The summed E-state index contributed by atoms with van der Waals surface area (Å²) >= 11 is 0. The molecule has 5 fully saturated rings. The van der Waals surface area contributed by atoms with Gasteiger partial charge in [0.15, 0.2) is 0 Å². The van der Waals surface area contributed by atoms with Gasteiger partial charge in [0, 0.05) is 31.7 Å². The van der Waals surface area contributed by atoms with Crippen LogP contribution in [0.25, 0.3) is 11.0 Å². The largest absolute Gasteiger partial charge is 0.351 e. The number of fused-ring (bicyclic) bond motifs is 3. The average molecular weight is 422 g/mol. The lowest BCUT2D eigenvalue weighted by Gasteiger charge is -2.68. The number of pyridine rings is 1. The van der Waals surface area contributed by atoms with E-state index in [1.807, 2.05) is 17.7 Å². The van der Waals surface area contributed by atoms with Crippen molar-refractivity contribution in [2.24, 2.45) is 23.7 Å². The number of nitrogens with zero attached hydrogens (tertiary/aromatic N) is 4. The van der Waals surface area contributed by atoms with Crippen LogP contribution in [0.3, 0.4) is 0 Å². The van der Waals surface area contributed by atoms with Crippen LogP contribution in [0, 0.1) is 30.6 Å². The molecule has 2 heterocycles. The van der Waals surface area contributed by atoms with Gasteiger partial charge in [-0.05, 0) is 68.3 Å². The Hall–Kier alpha value is -2.44. The van der Waals surface area contributed by atoms with Crippen molar-refractivity contribution >= 4 is 22.9 Å². The Balaban J connectivity index is 1.51. The van der Waals surface area contributed by atoms with Gasteiger partial charge in [-0.1, -0.05) is 13.3 Å². The van der Waals surface area contributed by atoms with E-state index in [1.165, 1.54) is 30.6 Å². The van der Waals surface area contributed by atoms with E-state index in [0.29, 0.717) is 41.0 Å². The highest BCUT2D eigenvalue weighted by Gasteiger charge is 2.65. The highest BCUT2D eigenvalue weighted by Crippen LogP contribution is 2.66. The van der Waals surface area contributed by atoms with Crippen LogP contribution in [0.1, 0.15) is 61.4 Å². The molecule has 0 aromatic carbocycles. The Kier molecular flexibility index (Phi) is 3.91. The summed E-state index contributed by atoms with van der Waals surface area (Å²) < 4.78 is 1.87. The number of amides is 1. The number of aryl methyl sites for hydroxylation is 1. The lowest BCUT2D eigenvalue weighted by Crippen LogP contribution is -2.69. The smallest absolute Gasteiger partial charge is 0.265 e. The van der Waals surface area contributed by atoms with Gasteiger partial charge in [-0.15, -0.1) is 0 Å². The second-order valence-corrected chi connectivity index (χ2v) is 10.8. The number of rotatable bonds is 4. The van der Waals surface area contributed by atoms with Gasteiger partial charge in [0.2, 0.25) is 5.95 Å². The quantitative estimate of drug-likeness (QED) is 0.820. The van der Waals surface area contributed by atoms with Gasteiger partial charge in [0.05, 0.1) is 5.54 Å². The van der Waals surface area contributed by atoms with Gasteiger partial charge >= 0.3 is 0 Å². The number of anilines is 1. The van der Waals surface area contributed by atoms with Gasteiger partial charge in [0.25, 0.3) is 11.5 Å². The van der Waals surface area contributed by atoms with E-state index < -0.39 is 0 Å².